The molecule has 3 heterocycles. The molecule has 1 atom stereocenters. The number of fused-ring (bicyclic) bond motifs is 1. The first kappa shape index (κ1) is 18.8. The van der Waals surface area contributed by atoms with E-state index >= 15 is 0 Å². The van der Waals surface area contributed by atoms with E-state index in [0.717, 1.165) is 29.0 Å². The van der Waals surface area contributed by atoms with E-state index in [4.69, 9.17) is 9.72 Å². The second kappa shape index (κ2) is 7.14. The van der Waals surface area contributed by atoms with Crippen LogP contribution in [-0.2, 0) is 14.5 Å². The number of anilines is 1. The molecule has 0 radical (unpaired) electrons. The molecule has 28 heavy (non-hydrogen) atoms. The molecule has 9 heteroatoms. The van der Waals surface area contributed by atoms with Crippen molar-refractivity contribution in [1.29, 1.82) is 0 Å². The first-order valence-corrected chi connectivity index (χ1v) is 11.5. The summed E-state index contributed by atoms with van der Waals surface area (Å²) in [6, 6.07) is 8.03. The fourth-order valence-electron chi connectivity index (χ4n) is 3.29. The van der Waals surface area contributed by atoms with Gasteiger partial charge < -0.3 is 9.64 Å². The summed E-state index contributed by atoms with van der Waals surface area (Å²) in [7, 11) is -2.36. The number of morpholine rings is 1. The van der Waals surface area contributed by atoms with E-state index in [1.807, 2.05) is 29.7 Å². The smallest absolute Gasteiger partial charge is 0.239 e. The van der Waals surface area contributed by atoms with E-state index in [1.54, 1.807) is 24.9 Å². The summed E-state index contributed by atoms with van der Waals surface area (Å²) in [5, 5.41) is 0. The molecule has 1 saturated heterocycles. The molecule has 0 N–H and O–H groups in total. The van der Waals surface area contributed by atoms with Crippen LogP contribution in [-0.4, -0.2) is 62.0 Å². The summed E-state index contributed by atoms with van der Waals surface area (Å²) in [5.74, 6) is 1.62. The van der Waals surface area contributed by atoms with Crippen molar-refractivity contribution in [3.63, 3.8) is 0 Å². The highest BCUT2D eigenvalue weighted by Gasteiger charge is 2.22. The van der Waals surface area contributed by atoms with Crippen LogP contribution in [0.2, 0.25) is 0 Å². The molecule has 4 rings (SSSR count). The number of hydrogen-bond acceptors (Lipinski definition) is 7. The van der Waals surface area contributed by atoms with E-state index in [1.165, 1.54) is 0 Å². The number of imidazole rings is 1. The Balaban J connectivity index is 1.89. The monoisotopic (exact) mass is 400 g/mol. The standard InChI is InChI=1S/C19H24N6O2S/c1-13-5-6-16-15(9-13)20-12-25(16)19-21-17(23-28(3,4)26)10-18(22-19)24-7-8-27-11-14(24)2/h5-6,9-10,12,14H,7-8,11H2,1-4H3/t14-/m1/s1. The van der Waals surface area contributed by atoms with Gasteiger partial charge in [0.2, 0.25) is 5.95 Å². The molecule has 3 aromatic rings. The third-order valence-corrected chi connectivity index (χ3v) is 5.21. The maximum absolute atomic E-state index is 12.3. The van der Waals surface area contributed by atoms with Gasteiger partial charge in [-0.15, -0.1) is 0 Å². The van der Waals surface area contributed by atoms with Gasteiger partial charge in [-0.05, 0) is 31.5 Å². The molecule has 0 amide bonds. The largest absolute Gasteiger partial charge is 0.377 e. The van der Waals surface area contributed by atoms with Crippen molar-refractivity contribution in [2.75, 3.05) is 37.2 Å². The molecular weight excluding hydrogens is 376 g/mol. The zero-order valence-electron chi connectivity index (χ0n) is 16.5. The van der Waals surface area contributed by atoms with Crippen LogP contribution in [0.15, 0.2) is 35.0 Å². The first-order valence-electron chi connectivity index (χ1n) is 9.15. The summed E-state index contributed by atoms with van der Waals surface area (Å²) in [6.45, 7) is 6.13. The molecule has 1 aliphatic rings. The summed E-state index contributed by atoms with van der Waals surface area (Å²) < 4.78 is 24.0. The Hall–Kier alpha value is -2.52. The number of nitrogens with zero attached hydrogens (tertiary/aromatic N) is 6. The molecule has 148 valence electrons. The van der Waals surface area contributed by atoms with Crippen LogP contribution < -0.4 is 4.90 Å². The number of aromatic nitrogens is 4. The van der Waals surface area contributed by atoms with Crippen LogP contribution in [0.5, 0.6) is 0 Å². The van der Waals surface area contributed by atoms with Crippen LogP contribution in [0.4, 0.5) is 11.6 Å². The minimum Gasteiger partial charge on any atom is -0.377 e. The van der Waals surface area contributed by atoms with E-state index in [2.05, 4.69) is 26.2 Å². The quantitative estimate of drug-likeness (QED) is 0.672. The highest BCUT2D eigenvalue weighted by molar-refractivity contribution is 7.92. The van der Waals surface area contributed by atoms with Gasteiger partial charge in [-0.25, -0.2) is 9.19 Å². The van der Waals surface area contributed by atoms with Gasteiger partial charge in [-0.3, -0.25) is 4.57 Å². The normalized spacial score (nSPS) is 17.9. The SMILES string of the molecule is Cc1ccc2c(c1)ncn2-c1nc(N=S(C)(C)=O)cc(N2CCOC[C@H]2C)n1. The van der Waals surface area contributed by atoms with Gasteiger partial charge in [0.25, 0.3) is 0 Å². The average Bonchev–Trinajstić information content (AvgIpc) is 3.03. The third kappa shape index (κ3) is 3.85. The van der Waals surface area contributed by atoms with Crippen LogP contribution in [0.1, 0.15) is 12.5 Å². The molecule has 0 unspecified atom stereocenters. The molecule has 1 fully saturated rings. The van der Waals surface area contributed by atoms with Crippen molar-refractivity contribution in [1.82, 2.24) is 19.5 Å². The number of hydrogen-bond donors (Lipinski definition) is 0. The zero-order valence-corrected chi connectivity index (χ0v) is 17.3. The summed E-state index contributed by atoms with van der Waals surface area (Å²) in [6.07, 6.45) is 4.91. The number of ether oxygens (including phenoxy) is 1. The summed E-state index contributed by atoms with van der Waals surface area (Å²) in [5.41, 5.74) is 2.93. The van der Waals surface area contributed by atoms with Gasteiger partial charge in [0, 0.05) is 34.9 Å². The Morgan fingerprint density at radius 2 is 2.07 bits per heavy atom. The molecule has 8 nitrogen and oxygen atoms in total. The van der Waals surface area contributed by atoms with Gasteiger partial charge in [-0.2, -0.15) is 14.3 Å². The molecule has 1 aliphatic heterocycles. The van der Waals surface area contributed by atoms with E-state index in [-0.39, 0.29) is 6.04 Å². The topological polar surface area (TPSA) is 85.5 Å². The Labute approximate surface area is 164 Å². The van der Waals surface area contributed by atoms with Gasteiger partial charge in [-0.1, -0.05) is 6.07 Å². The second-order valence-corrected chi connectivity index (χ2v) is 9.93. The minimum atomic E-state index is -2.36. The Morgan fingerprint density at radius 3 is 2.82 bits per heavy atom. The Morgan fingerprint density at radius 1 is 1.25 bits per heavy atom. The maximum Gasteiger partial charge on any atom is 0.239 e. The van der Waals surface area contributed by atoms with Crippen molar-refractivity contribution in [2.45, 2.75) is 19.9 Å². The predicted molar refractivity (Wildman–Crippen MR) is 111 cm³/mol. The molecular formula is C19H24N6O2S. The number of aryl methyl sites for hydroxylation is 1. The molecule has 0 bridgehead atoms. The van der Waals surface area contributed by atoms with E-state index in [0.29, 0.717) is 25.0 Å². The van der Waals surface area contributed by atoms with Crippen LogP contribution in [0, 0.1) is 6.92 Å². The van der Waals surface area contributed by atoms with E-state index in [9.17, 15) is 4.21 Å². The first-order chi connectivity index (χ1) is 13.3. The van der Waals surface area contributed by atoms with Crippen molar-refractivity contribution in [3.8, 4) is 5.95 Å². The average molecular weight is 401 g/mol. The molecule has 0 saturated carbocycles. The lowest BCUT2D eigenvalue weighted by Crippen LogP contribution is -2.44. The lowest BCUT2D eigenvalue weighted by molar-refractivity contribution is 0.0985. The second-order valence-electron chi connectivity index (χ2n) is 7.38. The predicted octanol–water partition coefficient (Wildman–Crippen LogP) is 2.71. The number of rotatable bonds is 3. The highest BCUT2D eigenvalue weighted by atomic mass is 32.2. The fraction of sp³-hybridized carbons (Fsp3) is 0.421. The highest BCUT2D eigenvalue weighted by Crippen LogP contribution is 2.25. The lowest BCUT2D eigenvalue weighted by Gasteiger charge is -2.34. The molecule has 2 aromatic heterocycles. The molecule has 0 aliphatic carbocycles. The van der Waals surface area contributed by atoms with Gasteiger partial charge in [0.1, 0.15) is 12.1 Å². The summed E-state index contributed by atoms with van der Waals surface area (Å²) >= 11 is 0. The molecule has 1 aromatic carbocycles. The van der Waals surface area contributed by atoms with Crippen molar-refractivity contribution >= 4 is 32.4 Å². The van der Waals surface area contributed by atoms with Gasteiger partial charge in [0.05, 0.1) is 30.3 Å². The summed E-state index contributed by atoms with van der Waals surface area (Å²) in [4.78, 5) is 16.0. The van der Waals surface area contributed by atoms with Crippen LogP contribution in [0.3, 0.4) is 0 Å². The zero-order chi connectivity index (χ0) is 19.9. The lowest BCUT2D eigenvalue weighted by atomic mass is 10.2. The van der Waals surface area contributed by atoms with Gasteiger partial charge >= 0.3 is 0 Å². The van der Waals surface area contributed by atoms with Crippen LogP contribution >= 0.6 is 0 Å². The van der Waals surface area contributed by atoms with Crippen molar-refractivity contribution < 1.29 is 8.95 Å². The van der Waals surface area contributed by atoms with Crippen molar-refractivity contribution in [3.05, 3.63) is 36.2 Å². The fourth-order valence-corrected chi connectivity index (χ4v) is 3.83. The maximum atomic E-state index is 12.3. The van der Waals surface area contributed by atoms with Crippen LogP contribution in [0.25, 0.3) is 17.0 Å². The molecule has 0 spiro atoms. The number of benzene rings is 1. The van der Waals surface area contributed by atoms with Crippen molar-refractivity contribution in [2.24, 2.45) is 4.36 Å². The van der Waals surface area contributed by atoms with Gasteiger partial charge in [0.15, 0.2) is 5.82 Å². The Kier molecular flexibility index (Phi) is 4.80. The van der Waals surface area contributed by atoms with E-state index < -0.39 is 9.73 Å². The Bertz CT molecular complexity index is 1140. The minimum absolute atomic E-state index is 0.180. The third-order valence-electron chi connectivity index (χ3n) is 4.58.